The van der Waals surface area contributed by atoms with Crippen LogP contribution in [0.1, 0.15) is 54.6 Å². The van der Waals surface area contributed by atoms with Crippen molar-refractivity contribution >= 4 is 17.5 Å². The zero-order valence-electron chi connectivity index (χ0n) is 18.1. The van der Waals surface area contributed by atoms with Gasteiger partial charge in [0.15, 0.2) is 0 Å². The molecule has 0 aliphatic rings. The molecule has 2 amide bonds. The summed E-state index contributed by atoms with van der Waals surface area (Å²) in [4.78, 5) is 25.8. The quantitative estimate of drug-likeness (QED) is 0.554. The fourth-order valence-corrected chi connectivity index (χ4v) is 3.05. The molecule has 0 radical (unpaired) electrons. The Kier molecular flexibility index (Phi) is 9.51. The average Bonchev–Trinajstić information content (AvgIpc) is 2.77. The minimum Gasteiger partial charge on any atom is -0.392 e. The van der Waals surface area contributed by atoms with Crippen molar-refractivity contribution in [1.29, 1.82) is 0 Å². The molecule has 162 valence electrons. The van der Waals surface area contributed by atoms with Crippen molar-refractivity contribution in [3.63, 3.8) is 0 Å². The number of nitrogens with one attached hydrogen (secondary N) is 1. The smallest absolute Gasteiger partial charge is 0.251 e. The number of rotatable bonds is 11. The molecule has 0 saturated carbocycles. The summed E-state index contributed by atoms with van der Waals surface area (Å²) in [5.41, 5.74) is 3.43. The van der Waals surface area contributed by atoms with E-state index in [4.69, 9.17) is 9.84 Å². The lowest BCUT2D eigenvalue weighted by Gasteiger charge is -2.21. The van der Waals surface area contributed by atoms with E-state index in [0.29, 0.717) is 37.8 Å². The van der Waals surface area contributed by atoms with E-state index in [1.807, 2.05) is 24.3 Å². The maximum atomic E-state index is 12.2. The Bertz CT molecular complexity index is 803. The molecule has 0 bridgehead atoms. The second kappa shape index (κ2) is 12.1. The van der Waals surface area contributed by atoms with Gasteiger partial charge in [0, 0.05) is 31.3 Å². The summed E-state index contributed by atoms with van der Waals surface area (Å²) in [6, 6.07) is 14.9. The van der Waals surface area contributed by atoms with Crippen LogP contribution in [0.2, 0.25) is 0 Å². The molecule has 2 aromatic carbocycles. The van der Waals surface area contributed by atoms with Crippen LogP contribution < -0.4 is 10.2 Å². The van der Waals surface area contributed by atoms with Gasteiger partial charge in [0.05, 0.1) is 19.8 Å². The summed E-state index contributed by atoms with van der Waals surface area (Å²) < 4.78 is 5.58. The first-order chi connectivity index (χ1) is 14.5. The molecular formula is C24H32N2O4. The summed E-state index contributed by atoms with van der Waals surface area (Å²) in [7, 11) is 0. The number of carbonyl (C=O) groups excluding carboxylic acids is 2. The molecule has 2 aromatic rings. The molecule has 6 nitrogen and oxygen atoms in total. The Morgan fingerprint density at radius 1 is 1.07 bits per heavy atom. The van der Waals surface area contributed by atoms with E-state index < -0.39 is 0 Å². The second-order valence-corrected chi connectivity index (χ2v) is 7.29. The monoisotopic (exact) mass is 412 g/mol. The van der Waals surface area contributed by atoms with Gasteiger partial charge in [-0.3, -0.25) is 9.59 Å². The van der Waals surface area contributed by atoms with E-state index in [1.54, 1.807) is 29.2 Å². The fourth-order valence-electron chi connectivity index (χ4n) is 3.05. The molecule has 2 rings (SSSR count). The van der Waals surface area contributed by atoms with Crippen LogP contribution in [0.3, 0.4) is 0 Å². The first-order valence-corrected chi connectivity index (χ1v) is 10.4. The van der Waals surface area contributed by atoms with Crippen molar-refractivity contribution < 1.29 is 19.4 Å². The summed E-state index contributed by atoms with van der Waals surface area (Å²) in [6.45, 7) is 7.34. The average molecular weight is 413 g/mol. The number of hydrogen-bond acceptors (Lipinski definition) is 4. The topological polar surface area (TPSA) is 78.9 Å². The third kappa shape index (κ3) is 6.97. The van der Waals surface area contributed by atoms with Crippen LogP contribution in [-0.4, -0.2) is 43.2 Å². The predicted molar refractivity (Wildman–Crippen MR) is 119 cm³/mol. The van der Waals surface area contributed by atoms with Gasteiger partial charge in [-0.25, -0.2) is 0 Å². The van der Waals surface area contributed by atoms with Crippen LogP contribution in [0.25, 0.3) is 0 Å². The van der Waals surface area contributed by atoms with Gasteiger partial charge in [0.1, 0.15) is 0 Å². The number of hydrogen-bond donors (Lipinski definition) is 2. The van der Waals surface area contributed by atoms with Crippen LogP contribution in [0.4, 0.5) is 5.69 Å². The summed E-state index contributed by atoms with van der Waals surface area (Å²) >= 11 is 0. The van der Waals surface area contributed by atoms with Crippen molar-refractivity contribution in [3.05, 3.63) is 65.2 Å². The van der Waals surface area contributed by atoms with Crippen LogP contribution >= 0.6 is 0 Å². The van der Waals surface area contributed by atoms with Gasteiger partial charge >= 0.3 is 0 Å². The van der Waals surface area contributed by atoms with E-state index in [2.05, 4.69) is 19.2 Å². The third-order valence-electron chi connectivity index (χ3n) is 5.16. The van der Waals surface area contributed by atoms with Crippen molar-refractivity contribution in [1.82, 2.24) is 5.32 Å². The van der Waals surface area contributed by atoms with Crippen LogP contribution in [-0.2, 0) is 16.1 Å². The molecule has 0 aromatic heterocycles. The maximum Gasteiger partial charge on any atom is 0.251 e. The first kappa shape index (κ1) is 23.6. The molecule has 30 heavy (non-hydrogen) atoms. The highest BCUT2D eigenvalue weighted by Gasteiger charge is 2.11. The molecule has 0 saturated heterocycles. The Morgan fingerprint density at radius 3 is 2.30 bits per heavy atom. The van der Waals surface area contributed by atoms with Gasteiger partial charge in [-0.15, -0.1) is 0 Å². The first-order valence-electron chi connectivity index (χ1n) is 10.4. The molecule has 0 spiro atoms. The third-order valence-corrected chi connectivity index (χ3v) is 5.16. The van der Waals surface area contributed by atoms with Gasteiger partial charge in [-0.2, -0.15) is 0 Å². The molecular weight excluding hydrogens is 380 g/mol. The molecule has 6 heteroatoms. The van der Waals surface area contributed by atoms with Crippen LogP contribution in [0.5, 0.6) is 0 Å². The van der Waals surface area contributed by atoms with Crippen LogP contribution in [0, 0.1) is 0 Å². The van der Waals surface area contributed by atoms with Crippen molar-refractivity contribution in [3.8, 4) is 0 Å². The summed E-state index contributed by atoms with van der Waals surface area (Å²) in [5, 5.41) is 12.0. The number of carbonyl (C=O) groups is 2. The lowest BCUT2D eigenvalue weighted by Crippen LogP contribution is -2.33. The minimum atomic E-state index is -0.122. The van der Waals surface area contributed by atoms with Gasteiger partial charge in [0.2, 0.25) is 5.91 Å². The molecule has 1 atom stereocenters. The van der Waals surface area contributed by atoms with Gasteiger partial charge in [-0.1, -0.05) is 38.1 Å². The van der Waals surface area contributed by atoms with Gasteiger partial charge < -0.3 is 20.1 Å². The zero-order valence-corrected chi connectivity index (χ0v) is 18.1. The number of benzene rings is 2. The van der Waals surface area contributed by atoms with Crippen molar-refractivity contribution in [2.24, 2.45) is 0 Å². The molecule has 2 N–H and O–H groups in total. The Hall–Kier alpha value is -2.70. The summed E-state index contributed by atoms with van der Waals surface area (Å²) in [6.07, 6.45) is 1.07. The second-order valence-electron chi connectivity index (χ2n) is 7.29. The standard InChI is InChI=1S/C24H32N2O4/c1-4-18(2)21-7-9-22(10-8-21)24(29)25-13-15-30-16-14-26(19(3)28)23-11-5-20(17-27)6-12-23/h5-12,18,27H,4,13-17H2,1-3H3,(H,25,29). The Morgan fingerprint density at radius 2 is 1.73 bits per heavy atom. The lowest BCUT2D eigenvalue weighted by atomic mass is 9.97. The van der Waals surface area contributed by atoms with E-state index in [1.165, 1.54) is 12.5 Å². The largest absolute Gasteiger partial charge is 0.392 e. The SMILES string of the molecule is CCC(C)c1ccc(C(=O)NCCOCCN(C(C)=O)c2ccc(CO)cc2)cc1. The van der Waals surface area contributed by atoms with Crippen molar-refractivity contribution in [2.75, 3.05) is 31.2 Å². The maximum absolute atomic E-state index is 12.2. The summed E-state index contributed by atoms with van der Waals surface area (Å²) in [5.74, 6) is 0.283. The molecule has 0 aliphatic heterocycles. The molecule has 0 fully saturated rings. The number of amides is 2. The number of nitrogens with zero attached hydrogens (tertiary/aromatic N) is 1. The fraction of sp³-hybridized carbons (Fsp3) is 0.417. The highest BCUT2D eigenvalue weighted by Crippen LogP contribution is 2.19. The molecule has 0 aliphatic carbocycles. The van der Waals surface area contributed by atoms with Gasteiger partial charge in [0.25, 0.3) is 5.91 Å². The molecule has 1 unspecified atom stereocenters. The van der Waals surface area contributed by atoms with Crippen molar-refractivity contribution in [2.45, 2.75) is 39.7 Å². The van der Waals surface area contributed by atoms with Gasteiger partial charge in [-0.05, 0) is 47.7 Å². The Balaban J connectivity index is 1.72. The number of aliphatic hydroxyl groups is 1. The Labute approximate surface area is 178 Å². The van der Waals surface area contributed by atoms with E-state index in [0.717, 1.165) is 17.7 Å². The van der Waals surface area contributed by atoms with E-state index in [-0.39, 0.29) is 18.4 Å². The zero-order chi connectivity index (χ0) is 21.9. The van der Waals surface area contributed by atoms with Crippen LogP contribution in [0.15, 0.2) is 48.5 Å². The highest BCUT2D eigenvalue weighted by atomic mass is 16.5. The number of ether oxygens (including phenoxy) is 1. The lowest BCUT2D eigenvalue weighted by molar-refractivity contribution is -0.116. The number of aliphatic hydroxyl groups excluding tert-OH is 1. The van der Waals surface area contributed by atoms with E-state index in [9.17, 15) is 9.59 Å². The molecule has 0 heterocycles. The predicted octanol–water partition coefficient (Wildman–Crippen LogP) is 3.49. The van der Waals surface area contributed by atoms with E-state index >= 15 is 0 Å². The normalized spacial score (nSPS) is 11.7. The minimum absolute atomic E-state index is 0.0306. The number of anilines is 1. The highest BCUT2D eigenvalue weighted by molar-refractivity contribution is 5.94.